The second-order valence-electron chi connectivity index (χ2n) is 3.28. The maximum absolute atomic E-state index is 11.4. The molecule has 0 aromatic rings. The Morgan fingerprint density at radius 1 is 1.57 bits per heavy atom. The van der Waals surface area contributed by atoms with Crippen molar-refractivity contribution in [3.63, 3.8) is 0 Å². The van der Waals surface area contributed by atoms with Gasteiger partial charge in [-0.2, -0.15) is 0 Å². The Labute approximate surface area is 87.6 Å². The normalized spacial score (nSPS) is 20.6. The van der Waals surface area contributed by atoms with Gasteiger partial charge in [0.2, 0.25) is 11.8 Å². The second kappa shape index (κ2) is 5.21. The zero-order valence-electron chi connectivity index (χ0n) is 8.37. The molecule has 1 aliphatic heterocycles. The second-order valence-corrected chi connectivity index (χ2v) is 4.31. The SMILES string of the molecule is CN(C)C(=O)CNC(=O)C1CSCN1. The van der Waals surface area contributed by atoms with E-state index in [-0.39, 0.29) is 24.4 Å². The maximum Gasteiger partial charge on any atom is 0.241 e. The lowest BCUT2D eigenvalue weighted by Crippen LogP contribution is -2.45. The van der Waals surface area contributed by atoms with Crippen molar-refractivity contribution >= 4 is 23.6 Å². The Hall–Kier alpha value is -0.750. The minimum absolute atomic E-state index is 0.0781. The van der Waals surface area contributed by atoms with Crippen LogP contribution in [0.5, 0.6) is 0 Å². The summed E-state index contributed by atoms with van der Waals surface area (Å²) in [4.78, 5) is 24.0. The molecule has 0 bridgehead atoms. The van der Waals surface area contributed by atoms with Gasteiger partial charge in [0.15, 0.2) is 0 Å². The molecule has 5 nitrogen and oxygen atoms in total. The zero-order valence-corrected chi connectivity index (χ0v) is 9.19. The van der Waals surface area contributed by atoms with E-state index >= 15 is 0 Å². The van der Waals surface area contributed by atoms with E-state index in [0.717, 1.165) is 11.6 Å². The molecular weight excluding hydrogens is 202 g/mol. The number of rotatable bonds is 3. The molecule has 2 N–H and O–H groups in total. The van der Waals surface area contributed by atoms with Crippen LogP contribution in [0.2, 0.25) is 0 Å². The van der Waals surface area contributed by atoms with E-state index in [2.05, 4.69) is 10.6 Å². The average Bonchev–Trinajstić information content (AvgIpc) is 2.66. The predicted octanol–water partition coefficient (Wildman–Crippen LogP) is -1.15. The number of hydrogen-bond acceptors (Lipinski definition) is 4. The number of nitrogens with zero attached hydrogens (tertiary/aromatic N) is 1. The van der Waals surface area contributed by atoms with Crippen molar-refractivity contribution in [3.05, 3.63) is 0 Å². The predicted molar refractivity (Wildman–Crippen MR) is 56.0 cm³/mol. The van der Waals surface area contributed by atoms with Crippen molar-refractivity contribution < 1.29 is 9.59 Å². The molecule has 1 fully saturated rings. The summed E-state index contributed by atoms with van der Waals surface area (Å²) in [5.41, 5.74) is 0. The lowest BCUT2D eigenvalue weighted by atomic mass is 10.3. The van der Waals surface area contributed by atoms with Gasteiger partial charge in [-0.1, -0.05) is 0 Å². The van der Waals surface area contributed by atoms with Gasteiger partial charge < -0.3 is 10.2 Å². The zero-order chi connectivity index (χ0) is 10.6. The molecule has 1 aliphatic rings. The fraction of sp³-hybridized carbons (Fsp3) is 0.750. The third-order valence-electron chi connectivity index (χ3n) is 1.95. The van der Waals surface area contributed by atoms with E-state index in [1.165, 1.54) is 4.90 Å². The van der Waals surface area contributed by atoms with Gasteiger partial charge in [-0.05, 0) is 0 Å². The van der Waals surface area contributed by atoms with Crippen LogP contribution in [0.15, 0.2) is 0 Å². The first-order valence-corrected chi connectivity index (χ1v) is 5.55. The van der Waals surface area contributed by atoms with Gasteiger partial charge in [-0.3, -0.25) is 14.9 Å². The Kier molecular flexibility index (Phi) is 4.21. The fourth-order valence-corrected chi connectivity index (χ4v) is 1.95. The van der Waals surface area contributed by atoms with Crippen molar-refractivity contribution in [1.82, 2.24) is 15.5 Å². The highest BCUT2D eigenvalue weighted by Gasteiger charge is 2.22. The van der Waals surface area contributed by atoms with Crippen molar-refractivity contribution in [1.29, 1.82) is 0 Å². The van der Waals surface area contributed by atoms with E-state index in [9.17, 15) is 9.59 Å². The summed E-state index contributed by atoms with van der Waals surface area (Å²) in [6.45, 7) is 0.0781. The van der Waals surface area contributed by atoms with E-state index < -0.39 is 0 Å². The van der Waals surface area contributed by atoms with Gasteiger partial charge in [0, 0.05) is 25.7 Å². The Balaban J connectivity index is 2.23. The average molecular weight is 217 g/mol. The van der Waals surface area contributed by atoms with Crippen LogP contribution < -0.4 is 10.6 Å². The number of carbonyl (C=O) groups is 2. The molecule has 6 heteroatoms. The van der Waals surface area contributed by atoms with Crippen LogP contribution >= 0.6 is 11.8 Å². The van der Waals surface area contributed by atoms with E-state index in [1.807, 2.05) is 0 Å². The monoisotopic (exact) mass is 217 g/mol. The highest BCUT2D eigenvalue weighted by Crippen LogP contribution is 2.08. The molecule has 1 unspecified atom stereocenters. The Morgan fingerprint density at radius 3 is 2.79 bits per heavy atom. The lowest BCUT2D eigenvalue weighted by Gasteiger charge is -2.13. The standard InChI is InChI=1S/C8H15N3O2S/c1-11(2)7(12)3-9-8(13)6-4-14-5-10-6/h6,10H,3-5H2,1-2H3,(H,9,13). The van der Waals surface area contributed by atoms with E-state index in [1.54, 1.807) is 25.9 Å². The summed E-state index contributed by atoms with van der Waals surface area (Å²) < 4.78 is 0. The van der Waals surface area contributed by atoms with Crippen molar-refractivity contribution in [2.24, 2.45) is 0 Å². The summed E-state index contributed by atoms with van der Waals surface area (Å²) in [7, 11) is 3.33. The molecule has 1 saturated heterocycles. The van der Waals surface area contributed by atoms with Gasteiger partial charge >= 0.3 is 0 Å². The molecule has 0 aromatic heterocycles. The number of hydrogen-bond donors (Lipinski definition) is 2. The third kappa shape index (κ3) is 3.19. The molecule has 1 rings (SSSR count). The topological polar surface area (TPSA) is 61.4 Å². The summed E-state index contributed by atoms with van der Waals surface area (Å²) in [5, 5.41) is 5.64. The van der Waals surface area contributed by atoms with E-state index in [4.69, 9.17) is 0 Å². The molecule has 0 radical (unpaired) electrons. The van der Waals surface area contributed by atoms with Gasteiger partial charge in [0.05, 0.1) is 12.6 Å². The quantitative estimate of drug-likeness (QED) is 0.627. The van der Waals surface area contributed by atoms with Gasteiger partial charge in [-0.15, -0.1) is 11.8 Å². The summed E-state index contributed by atoms with van der Waals surface area (Å²) in [6.07, 6.45) is 0. The molecule has 0 aromatic carbocycles. The fourth-order valence-electron chi connectivity index (χ4n) is 1.01. The number of amides is 2. The van der Waals surface area contributed by atoms with Gasteiger partial charge in [-0.25, -0.2) is 0 Å². The van der Waals surface area contributed by atoms with Crippen molar-refractivity contribution in [2.45, 2.75) is 6.04 Å². The van der Waals surface area contributed by atoms with Crippen LogP contribution in [0.3, 0.4) is 0 Å². The summed E-state index contributed by atoms with van der Waals surface area (Å²) >= 11 is 1.68. The summed E-state index contributed by atoms with van der Waals surface area (Å²) in [5.74, 6) is 1.40. The molecule has 0 saturated carbocycles. The van der Waals surface area contributed by atoms with Crippen LogP contribution in [0.25, 0.3) is 0 Å². The first kappa shape index (κ1) is 11.3. The molecule has 1 heterocycles. The highest BCUT2D eigenvalue weighted by molar-refractivity contribution is 7.99. The minimum atomic E-state index is -0.144. The molecule has 80 valence electrons. The first-order chi connectivity index (χ1) is 6.61. The van der Waals surface area contributed by atoms with Crippen LogP contribution in [0, 0.1) is 0 Å². The minimum Gasteiger partial charge on any atom is -0.347 e. The largest absolute Gasteiger partial charge is 0.347 e. The van der Waals surface area contributed by atoms with Crippen LogP contribution in [-0.4, -0.2) is 55.0 Å². The first-order valence-electron chi connectivity index (χ1n) is 4.40. The van der Waals surface area contributed by atoms with Crippen molar-refractivity contribution in [3.8, 4) is 0 Å². The number of nitrogens with one attached hydrogen (secondary N) is 2. The number of thioether (sulfide) groups is 1. The molecular formula is C8H15N3O2S. The molecule has 0 aliphatic carbocycles. The molecule has 14 heavy (non-hydrogen) atoms. The Bertz CT molecular complexity index is 227. The maximum atomic E-state index is 11.4. The van der Waals surface area contributed by atoms with Crippen LogP contribution in [0.4, 0.5) is 0 Å². The summed E-state index contributed by atoms with van der Waals surface area (Å²) in [6, 6.07) is -0.144. The van der Waals surface area contributed by atoms with Gasteiger partial charge in [0.25, 0.3) is 0 Å². The lowest BCUT2D eigenvalue weighted by molar-refractivity contribution is -0.131. The van der Waals surface area contributed by atoms with E-state index in [0.29, 0.717) is 0 Å². The number of likely N-dealkylation sites (N-methyl/N-ethyl adjacent to an activating group) is 1. The molecule has 1 atom stereocenters. The third-order valence-corrected chi connectivity index (χ3v) is 2.89. The van der Waals surface area contributed by atoms with Crippen molar-refractivity contribution in [2.75, 3.05) is 32.3 Å². The molecule has 2 amide bonds. The number of carbonyl (C=O) groups excluding carboxylic acids is 2. The van der Waals surface area contributed by atoms with Gasteiger partial charge in [0.1, 0.15) is 0 Å². The highest BCUT2D eigenvalue weighted by atomic mass is 32.2. The van der Waals surface area contributed by atoms with Crippen LogP contribution in [0.1, 0.15) is 0 Å². The van der Waals surface area contributed by atoms with Crippen LogP contribution in [-0.2, 0) is 9.59 Å². The smallest absolute Gasteiger partial charge is 0.241 e. The Morgan fingerprint density at radius 2 is 2.29 bits per heavy atom. The molecule has 0 spiro atoms.